The average molecular weight is 278 g/mol. The minimum Gasteiger partial charge on any atom is -0.256 e. The van der Waals surface area contributed by atoms with E-state index in [0.29, 0.717) is 11.1 Å². The molecule has 1 heterocycles. The molecule has 0 radical (unpaired) electrons. The van der Waals surface area contributed by atoms with Gasteiger partial charge in [0.2, 0.25) is 0 Å². The van der Waals surface area contributed by atoms with Crippen LogP contribution in [-0.2, 0) is 7.05 Å². The number of allylic oxidation sites excluding steroid dienone is 1. The van der Waals surface area contributed by atoms with Crippen LogP contribution in [0.3, 0.4) is 0 Å². The fourth-order valence-electron chi connectivity index (χ4n) is 1.32. The van der Waals surface area contributed by atoms with Crippen LogP contribution in [-0.4, -0.2) is 15.1 Å². The van der Waals surface area contributed by atoms with Crippen LogP contribution in [0.4, 0.5) is 0 Å². The molecule has 14 heavy (non-hydrogen) atoms. The van der Waals surface area contributed by atoms with E-state index in [-0.39, 0.29) is 0 Å². The van der Waals surface area contributed by atoms with Gasteiger partial charge in [0.05, 0.1) is 5.69 Å². The van der Waals surface area contributed by atoms with E-state index < -0.39 is 0 Å². The van der Waals surface area contributed by atoms with Gasteiger partial charge in [-0.05, 0) is 11.5 Å². The fourth-order valence-corrected chi connectivity index (χ4v) is 1.87. The number of nitrogens with zero attached hydrogens (tertiary/aromatic N) is 2. The molecule has 0 aliphatic rings. The number of halogens is 2. The van der Waals surface area contributed by atoms with Crippen LogP contribution < -0.4 is 0 Å². The zero-order chi connectivity index (χ0) is 10.9. The predicted molar refractivity (Wildman–Crippen MR) is 65.1 cm³/mol. The van der Waals surface area contributed by atoms with E-state index in [9.17, 15) is 0 Å². The van der Waals surface area contributed by atoms with Crippen molar-refractivity contribution in [2.75, 3.05) is 5.33 Å². The van der Waals surface area contributed by atoms with E-state index >= 15 is 0 Å². The molecule has 1 rings (SSSR count). The summed E-state index contributed by atoms with van der Waals surface area (Å²) in [5.74, 6) is 0.361. The molecule has 0 aliphatic carbocycles. The molecule has 0 amide bonds. The van der Waals surface area contributed by atoms with Gasteiger partial charge < -0.3 is 0 Å². The normalized spacial score (nSPS) is 11.0. The van der Waals surface area contributed by atoms with E-state index in [4.69, 9.17) is 11.6 Å². The molecule has 0 aromatic carbocycles. The Kier molecular flexibility index (Phi) is 3.78. The first-order valence-electron chi connectivity index (χ1n) is 4.45. The Morgan fingerprint density at radius 3 is 2.64 bits per heavy atom. The molecule has 0 fully saturated rings. The van der Waals surface area contributed by atoms with Crippen molar-refractivity contribution in [1.82, 2.24) is 9.78 Å². The number of rotatable bonds is 3. The Morgan fingerprint density at radius 2 is 2.21 bits per heavy atom. The zero-order valence-corrected chi connectivity index (χ0v) is 11.0. The highest BCUT2D eigenvalue weighted by Gasteiger charge is 2.18. The second kappa shape index (κ2) is 4.49. The lowest BCUT2D eigenvalue weighted by atomic mass is 10.0. The summed E-state index contributed by atoms with van der Waals surface area (Å²) in [6, 6.07) is 0. The molecule has 78 valence electrons. The minimum atomic E-state index is 0.361. The molecule has 0 aliphatic heterocycles. The molecule has 4 heteroatoms. The average Bonchev–Trinajstić information content (AvgIpc) is 2.43. The first-order chi connectivity index (χ1) is 6.49. The Morgan fingerprint density at radius 1 is 1.64 bits per heavy atom. The molecule has 0 N–H and O–H groups in total. The van der Waals surface area contributed by atoms with Crippen LogP contribution in [0, 0.1) is 0 Å². The second-order valence-corrected chi connectivity index (χ2v) is 4.49. The zero-order valence-electron chi connectivity index (χ0n) is 8.64. The van der Waals surface area contributed by atoms with E-state index in [0.717, 1.165) is 22.2 Å². The summed E-state index contributed by atoms with van der Waals surface area (Å²) < 4.78 is 1.69. The first-order valence-corrected chi connectivity index (χ1v) is 5.95. The quantitative estimate of drug-likeness (QED) is 0.772. The SMILES string of the molecule is C=C(CBr)c1c(C(C)C)nn(C)c1Cl. The molecular formula is C10H14BrClN2. The minimum absolute atomic E-state index is 0.361. The summed E-state index contributed by atoms with van der Waals surface area (Å²) in [6.07, 6.45) is 0. The number of hydrogen-bond acceptors (Lipinski definition) is 1. The largest absolute Gasteiger partial charge is 0.256 e. The maximum absolute atomic E-state index is 6.15. The predicted octanol–water partition coefficient (Wildman–Crippen LogP) is 3.61. The van der Waals surface area contributed by atoms with Crippen molar-refractivity contribution in [3.63, 3.8) is 0 Å². The maximum Gasteiger partial charge on any atom is 0.134 e. The fraction of sp³-hybridized carbons (Fsp3) is 0.500. The van der Waals surface area contributed by atoms with Crippen molar-refractivity contribution in [3.05, 3.63) is 23.0 Å². The third-order valence-corrected chi connectivity index (χ3v) is 3.18. The van der Waals surface area contributed by atoms with Crippen molar-refractivity contribution in [3.8, 4) is 0 Å². The number of hydrogen-bond donors (Lipinski definition) is 0. The topological polar surface area (TPSA) is 17.8 Å². The Hall–Kier alpha value is -0.280. The Labute approximate surface area is 98.1 Å². The Balaban J connectivity index is 3.30. The van der Waals surface area contributed by atoms with Gasteiger partial charge in [-0.3, -0.25) is 4.68 Å². The van der Waals surface area contributed by atoms with E-state index in [1.807, 2.05) is 7.05 Å². The van der Waals surface area contributed by atoms with Gasteiger partial charge in [0, 0.05) is 17.9 Å². The highest BCUT2D eigenvalue weighted by atomic mass is 79.9. The maximum atomic E-state index is 6.15. The molecule has 1 aromatic rings. The molecule has 0 saturated carbocycles. The molecular weight excluding hydrogens is 263 g/mol. The summed E-state index contributed by atoms with van der Waals surface area (Å²) in [5.41, 5.74) is 2.98. The summed E-state index contributed by atoms with van der Waals surface area (Å²) in [4.78, 5) is 0. The smallest absolute Gasteiger partial charge is 0.134 e. The van der Waals surface area contributed by atoms with Gasteiger partial charge in [-0.1, -0.05) is 48.0 Å². The van der Waals surface area contributed by atoms with Gasteiger partial charge in [-0.2, -0.15) is 5.10 Å². The van der Waals surface area contributed by atoms with Crippen LogP contribution in [0.25, 0.3) is 5.57 Å². The van der Waals surface area contributed by atoms with Gasteiger partial charge in [-0.15, -0.1) is 0 Å². The lowest BCUT2D eigenvalue weighted by Crippen LogP contribution is -1.95. The van der Waals surface area contributed by atoms with Gasteiger partial charge in [0.15, 0.2) is 0 Å². The molecule has 0 atom stereocenters. The lowest BCUT2D eigenvalue weighted by molar-refractivity contribution is 0.713. The standard InChI is InChI=1S/C10H14BrClN2/c1-6(2)9-8(7(3)5-11)10(12)14(4)13-9/h6H,3,5H2,1-2,4H3. The van der Waals surface area contributed by atoms with Crippen molar-refractivity contribution in [1.29, 1.82) is 0 Å². The van der Waals surface area contributed by atoms with Crippen molar-refractivity contribution < 1.29 is 0 Å². The van der Waals surface area contributed by atoms with Gasteiger partial charge in [0.25, 0.3) is 0 Å². The van der Waals surface area contributed by atoms with Crippen LogP contribution in [0.1, 0.15) is 31.0 Å². The van der Waals surface area contributed by atoms with E-state index in [1.54, 1.807) is 4.68 Å². The summed E-state index contributed by atoms with van der Waals surface area (Å²) in [5, 5.41) is 5.77. The van der Waals surface area contributed by atoms with Gasteiger partial charge >= 0.3 is 0 Å². The lowest BCUT2D eigenvalue weighted by Gasteiger charge is -2.05. The van der Waals surface area contributed by atoms with Crippen LogP contribution in [0.5, 0.6) is 0 Å². The van der Waals surface area contributed by atoms with Crippen molar-refractivity contribution >= 4 is 33.1 Å². The second-order valence-electron chi connectivity index (χ2n) is 3.57. The summed E-state index contributed by atoms with van der Waals surface area (Å²) >= 11 is 9.53. The van der Waals surface area contributed by atoms with Crippen molar-refractivity contribution in [2.45, 2.75) is 19.8 Å². The van der Waals surface area contributed by atoms with E-state index in [2.05, 4.69) is 41.5 Å². The highest BCUT2D eigenvalue weighted by molar-refractivity contribution is 9.09. The van der Waals surface area contributed by atoms with E-state index in [1.165, 1.54) is 0 Å². The summed E-state index contributed by atoms with van der Waals surface area (Å²) in [7, 11) is 1.85. The molecule has 1 aromatic heterocycles. The molecule has 0 bridgehead atoms. The third kappa shape index (κ3) is 2.04. The number of alkyl halides is 1. The number of aromatic nitrogens is 2. The number of aryl methyl sites for hydroxylation is 1. The summed E-state index contributed by atoms with van der Waals surface area (Å²) in [6.45, 7) is 8.18. The third-order valence-electron chi connectivity index (χ3n) is 2.07. The van der Waals surface area contributed by atoms with Crippen LogP contribution in [0.2, 0.25) is 5.15 Å². The monoisotopic (exact) mass is 276 g/mol. The molecule has 0 saturated heterocycles. The highest BCUT2D eigenvalue weighted by Crippen LogP contribution is 2.31. The van der Waals surface area contributed by atoms with Crippen LogP contribution >= 0.6 is 27.5 Å². The molecule has 0 unspecified atom stereocenters. The van der Waals surface area contributed by atoms with Gasteiger partial charge in [0.1, 0.15) is 5.15 Å². The first kappa shape index (κ1) is 11.8. The van der Waals surface area contributed by atoms with Crippen LogP contribution in [0.15, 0.2) is 6.58 Å². The van der Waals surface area contributed by atoms with Gasteiger partial charge in [-0.25, -0.2) is 0 Å². The molecule has 0 spiro atoms. The van der Waals surface area contributed by atoms with Crippen molar-refractivity contribution in [2.24, 2.45) is 7.05 Å². The Bertz CT molecular complexity index is 355. The molecule has 2 nitrogen and oxygen atoms in total.